The lowest BCUT2D eigenvalue weighted by Gasteiger charge is -2.18. The maximum absolute atomic E-state index is 13.0. The van der Waals surface area contributed by atoms with Crippen LogP contribution in [-0.2, 0) is 0 Å². The zero-order chi connectivity index (χ0) is 10.8. The second kappa shape index (κ2) is 4.19. The van der Waals surface area contributed by atoms with Crippen LogP contribution in [0.1, 0.15) is 24.8 Å². The Morgan fingerprint density at radius 3 is 2.87 bits per heavy atom. The van der Waals surface area contributed by atoms with Crippen LogP contribution in [-0.4, -0.2) is 17.3 Å². The highest BCUT2D eigenvalue weighted by molar-refractivity contribution is 5.33. The predicted molar refractivity (Wildman–Crippen MR) is 55.4 cm³/mol. The molecule has 1 aliphatic carbocycles. The lowest BCUT2D eigenvalue weighted by Crippen LogP contribution is -2.25. The van der Waals surface area contributed by atoms with Crippen molar-refractivity contribution in [3.8, 4) is 5.75 Å². The highest BCUT2D eigenvalue weighted by Crippen LogP contribution is 2.27. The fourth-order valence-corrected chi connectivity index (χ4v) is 1.91. The fourth-order valence-electron chi connectivity index (χ4n) is 1.91. The third-order valence-electron chi connectivity index (χ3n) is 2.85. The monoisotopic (exact) mass is 210 g/mol. The highest BCUT2D eigenvalue weighted by atomic mass is 19.1. The Kier molecular flexibility index (Phi) is 2.91. The lowest BCUT2D eigenvalue weighted by atomic mass is 10.2. The predicted octanol–water partition coefficient (Wildman–Crippen LogP) is 2.43. The first-order chi connectivity index (χ1) is 7.16. The smallest absolute Gasteiger partial charge is 0.126 e. The Balaban J connectivity index is 2.12. The van der Waals surface area contributed by atoms with E-state index in [9.17, 15) is 9.50 Å². The zero-order valence-corrected chi connectivity index (χ0v) is 8.74. The van der Waals surface area contributed by atoms with Gasteiger partial charge in [0, 0.05) is 6.07 Å². The second-order valence-corrected chi connectivity index (χ2v) is 4.06. The molecule has 1 fully saturated rings. The van der Waals surface area contributed by atoms with E-state index in [1.54, 1.807) is 6.07 Å². The summed E-state index contributed by atoms with van der Waals surface area (Å²) in [6.07, 6.45) is 2.01. The third kappa shape index (κ3) is 2.29. The van der Waals surface area contributed by atoms with E-state index in [1.807, 2.05) is 6.92 Å². The average molecular weight is 210 g/mol. The molecule has 0 spiro atoms. The van der Waals surface area contributed by atoms with Crippen molar-refractivity contribution in [2.45, 2.75) is 38.4 Å². The quantitative estimate of drug-likeness (QED) is 0.812. The van der Waals surface area contributed by atoms with E-state index in [-0.39, 0.29) is 11.9 Å². The molecule has 2 rings (SSSR count). The minimum absolute atomic E-state index is 0.175. The van der Waals surface area contributed by atoms with Crippen molar-refractivity contribution in [3.05, 3.63) is 29.6 Å². The normalized spacial score (nSPS) is 25.5. The van der Waals surface area contributed by atoms with Gasteiger partial charge in [-0.05, 0) is 37.8 Å². The maximum Gasteiger partial charge on any atom is 0.126 e. The van der Waals surface area contributed by atoms with Crippen molar-refractivity contribution < 1.29 is 14.2 Å². The van der Waals surface area contributed by atoms with Crippen LogP contribution >= 0.6 is 0 Å². The van der Waals surface area contributed by atoms with Crippen LogP contribution in [0.25, 0.3) is 0 Å². The van der Waals surface area contributed by atoms with Gasteiger partial charge in [-0.15, -0.1) is 0 Å². The molecular weight excluding hydrogens is 195 g/mol. The number of rotatable bonds is 2. The Morgan fingerprint density at radius 1 is 1.40 bits per heavy atom. The summed E-state index contributed by atoms with van der Waals surface area (Å²) < 4.78 is 18.6. The first kappa shape index (κ1) is 10.4. The van der Waals surface area contributed by atoms with Gasteiger partial charge in [0.25, 0.3) is 0 Å². The maximum atomic E-state index is 13.0. The van der Waals surface area contributed by atoms with Gasteiger partial charge in [-0.1, -0.05) is 6.07 Å². The van der Waals surface area contributed by atoms with Crippen molar-refractivity contribution in [2.24, 2.45) is 0 Å². The molecule has 0 unspecified atom stereocenters. The average Bonchev–Trinajstić information content (AvgIpc) is 2.58. The van der Waals surface area contributed by atoms with E-state index < -0.39 is 6.10 Å². The number of hydrogen-bond donors (Lipinski definition) is 1. The Labute approximate surface area is 88.7 Å². The van der Waals surface area contributed by atoms with Gasteiger partial charge in [0.15, 0.2) is 0 Å². The van der Waals surface area contributed by atoms with Gasteiger partial charge >= 0.3 is 0 Å². The standard InChI is InChI=1S/C12H15FO2/c1-8-5-6-9(13)7-12(8)15-11-4-2-3-10(11)14/h5-7,10-11,14H,2-4H2,1H3/t10-,11-/m1/s1. The SMILES string of the molecule is Cc1ccc(F)cc1O[C@@H]1CCC[C@H]1O. The number of aliphatic hydroxyl groups excluding tert-OH is 1. The third-order valence-corrected chi connectivity index (χ3v) is 2.85. The van der Waals surface area contributed by atoms with Gasteiger partial charge in [-0.2, -0.15) is 0 Å². The van der Waals surface area contributed by atoms with Crippen LogP contribution in [0, 0.1) is 12.7 Å². The molecule has 0 amide bonds. The molecule has 2 atom stereocenters. The first-order valence-corrected chi connectivity index (χ1v) is 5.27. The molecule has 1 aliphatic rings. The molecule has 0 heterocycles. The van der Waals surface area contributed by atoms with Crippen molar-refractivity contribution in [3.63, 3.8) is 0 Å². The number of hydrogen-bond acceptors (Lipinski definition) is 2. The zero-order valence-electron chi connectivity index (χ0n) is 8.74. The van der Waals surface area contributed by atoms with Gasteiger partial charge in [0.1, 0.15) is 17.7 Å². The molecule has 0 aliphatic heterocycles. The molecule has 0 radical (unpaired) electrons. The molecule has 1 aromatic rings. The molecule has 0 aromatic heterocycles. The van der Waals surface area contributed by atoms with E-state index in [2.05, 4.69) is 0 Å². The van der Waals surface area contributed by atoms with Crippen molar-refractivity contribution in [1.82, 2.24) is 0 Å². The van der Waals surface area contributed by atoms with Crippen LogP contribution in [0.15, 0.2) is 18.2 Å². The van der Waals surface area contributed by atoms with Crippen LogP contribution in [0.5, 0.6) is 5.75 Å². The first-order valence-electron chi connectivity index (χ1n) is 5.27. The Morgan fingerprint density at radius 2 is 2.20 bits per heavy atom. The van der Waals surface area contributed by atoms with E-state index in [0.717, 1.165) is 24.8 Å². The van der Waals surface area contributed by atoms with E-state index in [1.165, 1.54) is 12.1 Å². The minimum atomic E-state index is -0.410. The molecule has 1 N–H and O–H groups in total. The number of ether oxygens (including phenoxy) is 1. The van der Waals surface area contributed by atoms with Crippen LogP contribution in [0.3, 0.4) is 0 Å². The van der Waals surface area contributed by atoms with E-state index in [0.29, 0.717) is 5.75 Å². The largest absolute Gasteiger partial charge is 0.487 e. The van der Waals surface area contributed by atoms with Crippen molar-refractivity contribution in [1.29, 1.82) is 0 Å². The molecule has 82 valence electrons. The number of aryl methyl sites for hydroxylation is 1. The summed E-state index contributed by atoms with van der Waals surface area (Å²) in [5, 5.41) is 9.59. The molecule has 2 nitrogen and oxygen atoms in total. The van der Waals surface area contributed by atoms with Gasteiger partial charge in [0.05, 0.1) is 6.10 Å². The van der Waals surface area contributed by atoms with Crippen LogP contribution in [0.2, 0.25) is 0 Å². The summed E-state index contributed by atoms with van der Waals surface area (Å²) in [5.41, 5.74) is 0.899. The summed E-state index contributed by atoms with van der Waals surface area (Å²) in [5.74, 6) is 0.240. The van der Waals surface area contributed by atoms with Gasteiger partial charge < -0.3 is 9.84 Å². The van der Waals surface area contributed by atoms with Crippen LogP contribution < -0.4 is 4.74 Å². The number of benzene rings is 1. The summed E-state index contributed by atoms with van der Waals surface area (Å²) in [7, 11) is 0. The van der Waals surface area contributed by atoms with Gasteiger partial charge in [-0.3, -0.25) is 0 Å². The Bertz CT molecular complexity index is 351. The Hall–Kier alpha value is -1.09. The highest BCUT2D eigenvalue weighted by Gasteiger charge is 2.27. The summed E-state index contributed by atoms with van der Waals surface area (Å²) >= 11 is 0. The number of halogens is 1. The second-order valence-electron chi connectivity index (χ2n) is 4.06. The summed E-state index contributed by atoms with van der Waals surface area (Å²) in [4.78, 5) is 0. The summed E-state index contributed by atoms with van der Waals surface area (Å²) in [6.45, 7) is 1.87. The topological polar surface area (TPSA) is 29.5 Å². The summed E-state index contributed by atoms with van der Waals surface area (Å²) in [6, 6.07) is 4.47. The molecular formula is C12H15FO2. The molecule has 15 heavy (non-hydrogen) atoms. The van der Waals surface area contributed by atoms with Gasteiger partial charge in [0.2, 0.25) is 0 Å². The van der Waals surface area contributed by atoms with Crippen molar-refractivity contribution >= 4 is 0 Å². The minimum Gasteiger partial charge on any atom is -0.487 e. The fraction of sp³-hybridized carbons (Fsp3) is 0.500. The molecule has 0 bridgehead atoms. The van der Waals surface area contributed by atoms with E-state index >= 15 is 0 Å². The molecule has 1 aromatic carbocycles. The lowest BCUT2D eigenvalue weighted by molar-refractivity contribution is 0.0597. The van der Waals surface area contributed by atoms with Crippen molar-refractivity contribution in [2.75, 3.05) is 0 Å². The number of aliphatic hydroxyl groups is 1. The molecule has 3 heteroatoms. The molecule has 0 saturated heterocycles. The molecule has 1 saturated carbocycles. The van der Waals surface area contributed by atoms with Crippen LogP contribution in [0.4, 0.5) is 4.39 Å². The van der Waals surface area contributed by atoms with Gasteiger partial charge in [-0.25, -0.2) is 4.39 Å². The van der Waals surface area contributed by atoms with E-state index in [4.69, 9.17) is 4.74 Å².